The minimum absolute atomic E-state index is 0.0814. The maximum atomic E-state index is 6.34. The summed E-state index contributed by atoms with van der Waals surface area (Å²) in [4.78, 5) is 0. The third kappa shape index (κ3) is 3.08. The monoisotopic (exact) mass is 296 g/mol. The summed E-state index contributed by atoms with van der Waals surface area (Å²) >= 11 is 0. The predicted molar refractivity (Wildman–Crippen MR) is 84.4 cm³/mol. The molecule has 0 saturated carbocycles. The third-order valence-electron chi connectivity index (χ3n) is 4.79. The Bertz CT molecular complexity index is 397. The SMILES string of the molecule is C=CCO[C@@H]1C[C@]2(CO[Si](C)(C)C(C)(C)C)C=C[C@H]1O2. The highest BCUT2D eigenvalue weighted by Gasteiger charge is 2.50. The predicted octanol–water partition coefficient (Wildman–Crippen LogP) is 3.68. The van der Waals surface area contributed by atoms with E-state index >= 15 is 0 Å². The molecular weight excluding hydrogens is 268 g/mol. The number of ether oxygens (including phenoxy) is 2. The Morgan fingerprint density at radius 3 is 2.75 bits per heavy atom. The van der Waals surface area contributed by atoms with Crippen molar-refractivity contribution in [2.75, 3.05) is 13.2 Å². The fraction of sp³-hybridized carbons (Fsp3) is 0.750. The van der Waals surface area contributed by atoms with E-state index in [0.29, 0.717) is 13.2 Å². The van der Waals surface area contributed by atoms with Crippen LogP contribution in [0.3, 0.4) is 0 Å². The van der Waals surface area contributed by atoms with Gasteiger partial charge in [0, 0.05) is 6.42 Å². The first-order chi connectivity index (χ1) is 9.19. The zero-order chi connectivity index (χ0) is 15.0. The van der Waals surface area contributed by atoms with Crippen LogP contribution in [0.15, 0.2) is 24.8 Å². The Hall–Kier alpha value is -0.423. The number of hydrogen-bond acceptors (Lipinski definition) is 3. The molecule has 2 heterocycles. The van der Waals surface area contributed by atoms with Gasteiger partial charge in [-0.15, -0.1) is 6.58 Å². The molecule has 3 atom stereocenters. The Balaban J connectivity index is 1.94. The number of rotatable bonds is 6. The molecule has 0 radical (unpaired) electrons. The van der Waals surface area contributed by atoms with Gasteiger partial charge in [-0.25, -0.2) is 0 Å². The zero-order valence-electron chi connectivity index (χ0n) is 13.4. The fourth-order valence-corrected chi connectivity index (χ4v) is 3.44. The van der Waals surface area contributed by atoms with E-state index in [9.17, 15) is 0 Å². The van der Waals surface area contributed by atoms with E-state index < -0.39 is 8.32 Å². The van der Waals surface area contributed by atoms with E-state index in [0.717, 1.165) is 6.42 Å². The molecule has 20 heavy (non-hydrogen) atoms. The van der Waals surface area contributed by atoms with Gasteiger partial charge in [-0.2, -0.15) is 0 Å². The van der Waals surface area contributed by atoms with Crippen molar-refractivity contribution in [1.82, 2.24) is 0 Å². The lowest BCUT2D eigenvalue weighted by molar-refractivity contribution is -0.0188. The van der Waals surface area contributed by atoms with Gasteiger partial charge in [0.15, 0.2) is 8.32 Å². The first-order valence-electron chi connectivity index (χ1n) is 7.43. The molecule has 0 spiro atoms. The summed E-state index contributed by atoms with van der Waals surface area (Å²) in [5, 5.41) is 0.225. The van der Waals surface area contributed by atoms with Crippen LogP contribution in [0.1, 0.15) is 27.2 Å². The van der Waals surface area contributed by atoms with Gasteiger partial charge in [0.2, 0.25) is 0 Å². The fourth-order valence-electron chi connectivity index (χ4n) is 2.40. The van der Waals surface area contributed by atoms with Crippen LogP contribution in [0, 0.1) is 0 Å². The van der Waals surface area contributed by atoms with Crippen molar-refractivity contribution in [3.63, 3.8) is 0 Å². The number of hydrogen-bond donors (Lipinski definition) is 0. The highest BCUT2D eigenvalue weighted by Crippen LogP contribution is 2.43. The molecule has 2 aliphatic heterocycles. The normalized spacial score (nSPS) is 32.9. The summed E-state index contributed by atoms with van der Waals surface area (Å²) < 4.78 is 18.2. The molecule has 0 aromatic carbocycles. The topological polar surface area (TPSA) is 27.7 Å². The standard InChI is InChI=1S/C16H28O3Si/c1-7-10-17-14-11-16(9-8-13(14)19-16)12-18-20(5,6)15(2,3)4/h7-9,13-14H,1,10-12H2,2-6H3/t13-,14-,16+/m1/s1. The Kier molecular flexibility index (Phi) is 4.31. The molecule has 0 aromatic rings. The highest BCUT2D eigenvalue weighted by molar-refractivity contribution is 6.74. The van der Waals surface area contributed by atoms with Crippen LogP contribution in [0.25, 0.3) is 0 Å². The molecule has 2 rings (SSSR count). The van der Waals surface area contributed by atoms with E-state index in [1.807, 2.05) is 0 Å². The smallest absolute Gasteiger partial charge is 0.192 e. The number of fused-ring (bicyclic) bond motifs is 2. The van der Waals surface area contributed by atoms with Crippen LogP contribution >= 0.6 is 0 Å². The van der Waals surface area contributed by atoms with Crippen molar-refractivity contribution >= 4 is 8.32 Å². The summed E-state index contributed by atoms with van der Waals surface area (Å²) in [5.74, 6) is 0. The maximum Gasteiger partial charge on any atom is 0.192 e. The van der Waals surface area contributed by atoms with Crippen molar-refractivity contribution in [1.29, 1.82) is 0 Å². The van der Waals surface area contributed by atoms with Crippen molar-refractivity contribution in [2.45, 2.75) is 63.1 Å². The zero-order valence-corrected chi connectivity index (χ0v) is 14.4. The van der Waals surface area contributed by atoms with Crippen LogP contribution < -0.4 is 0 Å². The van der Waals surface area contributed by atoms with Gasteiger partial charge in [-0.1, -0.05) is 39.0 Å². The van der Waals surface area contributed by atoms with Gasteiger partial charge in [0.05, 0.1) is 19.3 Å². The maximum absolute atomic E-state index is 6.34. The first kappa shape index (κ1) is 16.0. The second kappa shape index (κ2) is 5.41. The van der Waals surface area contributed by atoms with Crippen LogP contribution in [-0.4, -0.2) is 39.3 Å². The second-order valence-corrected chi connectivity index (χ2v) is 12.2. The third-order valence-corrected chi connectivity index (χ3v) is 9.26. The van der Waals surface area contributed by atoms with E-state index in [1.165, 1.54) is 0 Å². The van der Waals surface area contributed by atoms with Crippen LogP contribution in [0.4, 0.5) is 0 Å². The minimum Gasteiger partial charge on any atom is -0.414 e. The van der Waals surface area contributed by atoms with Gasteiger partial charge >= 0.3 is 0 Å². The molecule has 1 fully saturated rings. The van der Waals surface area contributed by atoms with Gasteiger partial charge in [0.1, 0.15) is 11.7 Å². The van der Waals surface area contributed by atoms with E-state index in [2.05, 4.69) is 52.6 Å². The molecule has 0 unspecified atom stereocenters. The lowest BCUT2D eigenvalue weighted by Gasteiger charge is -2.38. The highest BCUT2D eigenvalue weighted by atomic mass is 28.4. The second-order valence-electron chi connectivity index (χ2n) is 7.42. The summed E-state index contributed by atoms with van der Waals surface area (Å²) in [6.45, 7) is 16.3. The molecule has 114 valence electrons. The Labute approximate surface area is 124 Å². The molecule has 2 bridgehead atoms. The van der Waals surface area contributed by atoms with Crippen molar-refractivity contribution in [3.05, 3.63) is 24.8 Å². The summed E-state index contributed by atoms with van der Waals surface area (Å²) in [7, 11) is -1.74. The largest absolute Gasteiger partial charge is 0.414 e. The average molecular weight is 296 g/mol. The molecular formula is C16H28O3Si. The lowest BCUT2D eigenvalue weighted by Crippen LogP contribution is -2.45. The minimum atomic E-state index is -1.74. The van der Waals surface area contributed by atoms with Gasteiger partial charge in [0.25, 0.3) is 0 Å². The van der Waals surface area contributed by atoms with Crippen LogP contribution in [-0.2, 0) is 13.9 Å². The summed E-state index contributed by atoms with van der Waals surface area (Å²) in [5.41, 5.74) is -0.272. The van der Waals surface area contributed by atoms with Gasteiger partial charge in [-0.05, 0) is 18.1 Å². The van der Waals surface area contributed by atoms with Gasteiger partial charge < -0.3 is 13.9 Å². The van der Waals surface area contributed by atoms with E-state index in [-0.39, 0.29) is 22.8 Å². The van der Waals surface area contributed by atoms with Gasteiger partial charge in [-0.3, -0.25) is 0 Å². The van der Waals surface area contributed by atoms with Crippen LogP contribution in [0.2, 0.25) is 18.1 Å². The van der Waals surface area contributed by atoms with E-state index in [4.69, 9.17) is 13.9 Å². The lowest BCUT2D eigenvalue weighted by atomic mass is 9.94. The summed E-state index contributed by atoms with van der Waals surface area (Å²) in [6, 6.07) is 0. The first-order valence-corrected chi connectivity index (χ1v) is 10.3. The van der Waals surface area contributed by atoms with Crippen molar-refractivity contribution < 1.29 is 13.9 Å². The Morgan fingerprint density at radius 2 is 2.15 bits per heavy atom. The summed E-state index contributed by atoms with van der Waals surface area (Å²) in [6.07, 6.45) is 7.18. The molecule has 1 saturated heterocycles. The molecule has 4 heteroatoms. The molecule has 3 nitrogen and oxygen atoms in total. The Morgan fingerprint density at radius 1 is 1.45 bits per heavy atom. The van der Waals surface area contributed by atoms with Crippen LogP contribution in [0.5, 0.6) is 0 Å². The quantitative estimate of drug-likeness (QED) is 0.553. The molecule has 2 aliphatic rings. The molecule has 0 amide bonds. The van der Waals surface area contributed by atoms with Crippen molar-refractivity contribution in [3.8, 4) is 0 Å². The average Bonchev–Trinajstić information content (AvgIpc) is 2.91. The van der Waals surface area contributed by atoms with E-state index in [1.54, 1.807) is 6.08 Å². The molecule has 0 aliphatic carbocycles. The molecule has 0 aromatic heterocycles. The van der Waals surface area contributed by atoms with Crippen molar-refractivity contribution in [2.24, 2.45) is 0 Å². The molecule has 0 N–H and O–H groups in total.